The number of thiophene rings is 1. The molecule has 2 heterocycles. The molecule has 1 amide bonds. The van der Waals surface area contributed by atoms with Gasteiger partial charge in [0.25, 0.3) is 5.89 Å². The summed E-state index contributed by atoms with van der Waals surface area (Å²) in [5.41, 5.74) is 6.24. The molecule has 1 aromatic carbocycles. The number of benzene rings is 1. The molecule has 0 aliphatic heterocycles. The van der Waals surface area contributed by atoms with Gasteiger partial charge in [0, 0.05) is 17.0 Å². The molecule has 9 heteroatoms. The first kappa shape index (κ1) is 27.8. The Balaban J connectivity index is 1.35. The maximum Gasteiger partial charge on any atom is 0.268 e. The fourth-order valence-electron chi connectivity index (χ4n) is 6.29. The van der Waals surface area contributed by atoms with Crippen molar-refractivity contribution in [2.45, 2.75) is 84.7 Å². The largest absolute Gasteiger partial charge is 0.490 e. The second-order valence-corrected chi connectivity index (χ2v) is 12.1. The van der Waals surface area contributed by atoms with Crippen LogP contribution in [0.4, 0.5) is 0 Å². The minimum absolute atomic E-state index is 0.0107. The molecule has 2 aromatic heterocycles. The lowest BCUT2D eigenvalue weighted by Crippen LogP contribution is -2.36. The normalized spacial score (nSPS) is 16.8. The standard InChI is InChI=1S/C30H39N3O5S/c1-4-19-13-20(12-18(3)26(19)37-17-21(35)15-31-25(36)16-34)28-32-29(38-33-28)27-22-8-11-30(9-6-7-10-30)14-23(22)24(5-2)39-27/h12-13,21,34-35H,4-11,14-17H2,1-3H3,(H,31,36)/t21-/m0/s1. The van der Waals surface area contributed by atoms with Crippen LogP contribution in [-0.4, -0.2) is 52.1 Å². The molecule has 3 aromatic rings. The van der Waals surface area contributed by atoms with Crippen molar-refractivity contribution in [3.8, 4) is 27.9 Å². The number of ether oxygens (including phenoxy) is 1. The topological polar surface area (TPSA) is 118 Å². The van der Waals surface area contributed by atoms with Crippen LogP contribution in [-0.2, 0) is 30.5 Å². The maximum absolute atomic E-state index is 11.2. The van der Waals surface area contributed by atoms with Crippen LogP contribution in [0.15, 0.2) is 16.7 Å². The zero-order valence-electron chi connectivity index (χ0n) is 23.1. The first-order chi connectivity index (χ1) is 18.9. The van der Waals surface area contributed by atoms with Crippen molar-refractivity contribution in [1.82, 2.24) is 15.5 Å². The third-order valence-electron chi connectivity index (χ3n) is 8.35. The summed E-state index contributed by atoms with van der Waals surface area (Å²) >= 11 is 1.83. The molecule has 1 atom stereocenters. The lowest BCUT2D eigenvalue weighted by molar-refractivity contribution is -0.124. The number of nitrogens with one attached hydrogen (secondary N) is 1. The molecule has 8 nitrogen and oxygen atoms in total. The second-order valence-electron chi connectivity index (χ2n) is 11.0. The van der Waals surface area contributed by atoms with E-state index in [0.717, 1.165) is 40.8 Å². The molecule has 1 spiro atoms. The summed E-state index contributed by atoms with van der Waals surface area (Å²) in [6.07, 6.45) is 9.90. The van der Waals surface area contributed by atoms with Gasteiger partial charge in [0.2, 0.25) is 11.7 Å². The number of rotatable bonds is 10. The number of carbonyl (C=O) groups is 1. The van der Waals surface area contributed by atoms with Crippen molar-refractivity contribution in [3.63, 3.8) is 0 Å². The number of aliphatic hydroxyl groups is 2. The molecule has 2 aliphatic carbocycles. The van der Waals surface area contributed by atoms with E-state index < -0.39 is 18.6 Å². The highest BCUT2D eigenvalue weighted by Crippen LogP contribution is 2.52. The van der Waals surface area contributed by atoms with Gasteiger partial charge in [0.15, 0.2) is 0 Å². The van der Waals surface area contributed by atoms with Crippen LogP contribution in [0.5, 0.6) is 5.75 Å². The number of aromatic nitrogens is 2. The Morgan fingerprint density at radius 3 is 2.72 bits per heavy atom. The molecule has 0 unspecified atom stereocenters. The van der Waals surface area contributed by atoms with Gasteiger partial charge < -0.3 is 24.8 Å². The predicted molar refractivity (Wildman–Crippen MR) is 151 cm³/mol. The highest BCUT2D eigenvalue weighted by atomic mass is 32.1. The van der Waals surface area contributed by atoms with Crippen LogP contribution in [0.1, 0.15) is 73.1 Å². The number of hydrogen-bond donors (Lipinski definition) is 3. The van der Waals surface area contributed by atoms with Gasteiger partial charge in [0.05, 0.1) is 4.88 Å². The quantitative estimate of drug-likeness (QED) is 0.330. The van der Waals surface area contributed by atoms with Gasteiger partial charge in [-0.25, -0.2) is 0 Å². The van der Waals surface area contributed by atoms with Crippen molar-refractivity contribution in [3.05, 3.63) is 39.3 Å². The first-order valence-electron chi connectivity index (χ1n) is 14.2. The van der Waals surface area contributed by atoms with Crippen LogP contribution in [0.2, 0.25) is 0 Å². The Labute approximate surface area is 233 Å². The van der Waals surface area contributed by atoms with Gasteiger partial charge in [-0.1, -0.05) is 31.8 Å². The number of nitrogens with zero attached hydrogens (tertiary/aromatic N) is 2. The third-order valence-corrected chi connectivity index (χ3v) is 9.76. The van der Waals surface area contributed by atoms with Crippen molar-refractivity contribution >= 4 is 17.2 Å². The highest BCUT2D eigenvalue weighted by molar-refractivity contribution is 7.15. The predicted octanol–water partition coefficient (Wildman–Crippen LogP) is 4.80. The van der Waals surface area contributed by atoms with Gasteiger partial charge in [-0.15, -0.1) is 11.3 Å². The molecule has 0 radical (unpaired) electrons. The molecule has 39 heavy (non-hydrogen) atoms. The first-order valence-corrected chi connectivity index (χ1v) is 15.0. The van der Waals surface area contributed by atoms with E-state index in [1.54, 1.807) is 5.56 Å². The fourth-order valence-corrected chi connectivity index (χ4v) is 7.52. The third kappa shape index (κ3) is 5.76. The molecule has 3 N–H and O–H groups in total. The van der Waals surface area contributed by atoms with Crippen LogP contribution >= 0.6 is 11.3 Å². The number of aliphatic hydroxyl groups excluding tert-OH is 2. The van der Waals surface area contributed by atoms with E-state index in [0.29, 0.717) is 22.9 Å². The van der Waals surface area contributed by atoms with E-state index in [2.05, 4.69) is 17.4 Å². The van der Waals surface area contributed by atoms with E-state index in [1.165, 1.54) is 49.0 Å². The summed E-state index contributed by atoms with van der Waals surface area (Å²) in [7, 11) is 0. The van der Waals surface area contributed by atoms with E-state index in [1.807, 2.05) is 37.3 Å². The van der Waals surface area contributed by atoms with Gasteiger partial charge in [-0.05, 0) is 91.7 Å². The summed E-state index contributed by atoms with van der Waals surface area (Å²) in [5.74, 6) is 1.34. The molecule has 1 saturated carbocycles. The Hall–Kier alpha value is -2.75. The summed E-state index contributed by atoms with van der Waals surface area (Å²) in [4.78, 5) is 18.7. The summed E-state index contributed by atoms with van der Waals surface area (Å²) < 4.78 is 11.8. The summed E-state index contributed by atoms with van der Waals surface area (Å²) in [5, 5.41) is 25.8. The molecule has 210 valence electrons. The van der Waals surface area contributed by atoms with Crippen LogP contribution in [0, 0.1) is 12.3 Å². The molecule has 0 saturated heterocycles. The van der Waals surface area contributed by atoms with Gasteiger partial charge in [0.1, 0.15) is 25.1 Å². The fraction of sp³-hybridized carbons (Fsp3) is 0.567. The van der Waals surface area contributed by atoms with E-state index in [9.17, 15) is 9.90 Å². The zero-order chi connectivity index (χ0) is 27.6. The zero-order valence-corrected chi connectivity index (χ0v) is 24.0. The summed E-state index contributed by atoms with van der Waals surface area (Å²) in [6.45, 7) is 5.68. The number of fused-ring (bicyclic) bond motifs is 1. The lowest BCUT2D eigenvalue weighted by atomic mass is 9.70. The minimum atomic E-state index is -0.891. The average molecular weight is 554 g/mol. The Morgan fingerprint density at radius 1 is 1.21 bits per heavy atom. The van der Waals surface area contributed by atoms with Gasteiger partial charge in [-0.3, -0.25) is 4.79 Å². The SMILES string of the molecule is CCc1cc(-c2noc(-c3sc(CC)c4c3CCC3(CCCC3)C4)n2)cc(C)c1OC[C@@H](O)CNC(=O)CO. The monoisotopic (exact) mass is 553 g/mol. The average Bonchev–Trinajstić information content (AvgIpc) is 3.69. The molecular formula is C30H39N3O5S. The number of hydrogen-bond acceptors (Lipinski definition) is 8. The lowest BCUT2D eigenvalue weighted by Gasteiger charge is -2.34. The maximum atomic E-state index is 11.2. The van der Waals surface area contributed by atoms with Crippen LogP contribution in [0.25, 0.3) is 22.2 Å². The van der Waals surface area contributed by atoms with Gasteiger partial charge in [-0.2, -0.15) is 4.98 Å². The van der Waals surface area contributed by atoms with Crippen molar-refractivity contribution in [2.24, 2.45) is 5.41 Å². The molecule has 1 fully saturated rings. The number of aryl methyl sites for hydroxylation is 3. The van der Waals surface area contributed by atoms with Crippen molar-refractivity contribution < 1.29 is 24.3 Å². The summed E-state index contributed by atoms with van der Waals surface area (Å²) in [6, 6.07) is 4.00. The van der Waals surface area contributed by atoms with Crippen LogP contribution < -0.4 is 10.1 Å². The minimum Gasteiger partial charge on any atom is -0.490 e. The van der Waals surface area contributed by atoms with Crippen LogP contribution in [0.3, 0.4) is 0 Å². The van der Waals surface area contributed by atoms with Gasteiger partial charge >= 0.3 is 0 Å². The van der Waals surface area contributed by atoms with E-state index in [4.69, 9.17) is 19.4 Å². The highest BCUT2D eigenvalue weighted by Gasteiger charge is 2.40. The molecular weight excluding hydrogens is 514 g/mol. The number of carbonyl (C=O) groups excluding carboxylic acids is 1. The Morgan fingerprint density at radius 2 is 2.00 bits per heavy atom. The van der Waals surface area contributed by atoms with Crippen molar-refractivity contribution in [1.29, 1.82) is 0 Å². The Bertz CT molecular complexity index is 1320. The Kier molecular flexibility index (Phi) is 8.40. The molecule has 5 rings (SSSR count). The smallest absolute Gasteiger partial charge is 0.268 e. The van der Waals surface area contributed by atoms with E-state index >= 15 is 0 Å². The number of amides is 1. The second kappa shape index (κ2) is 11.8. The molecule has 0 bridgehead atoms. The molecule has 2 aliphatic rings. The van der Waals surface area contributed by atoms with E-state index in [-0.39, 0.29) is 13.2 Å². The van der Waals surface area contributed by atoms with Crippen molar-refractivity contribution in [2.75, 3.05) is 19.8 Å².